The molecule has 0 amide bonds. The largest absolute Gasteiger partial charge is 0.493 e. The number of ether oxygens (including phenoxy) is 5. The van der Waals surface area contributed by atoms with Gasteiger partial charge < -0.3 is 23.7 Å². The first kappa shape index (κ1) is 19.4. The van der Waals surface area contributed by atoms with Crippen molar-refractivity contribution in [3.05, 3.63) is 17.7 Å². The van der Waals surface area contributed by atoms with Gasteiger partial charge in [-0.2, -0.15) is 0 Å². The molecule has 2 rings (SSSR count). The van der Waals surface area contributed by atoms with Crippen LogP contribution in [0.2, 0.25) is 0 Å². The molecule has 1 aromatic rings. The number of hydrogen-bond donors (Lipinski definition) is 0. The Morgan fingerprint density at radius 3 is 1.96 bits per heavy atom. The van der Waals surface area contributed by atoms with E-state index in [1.54, 1.807) is 19.2 Å². The molecule has 1 aromatic carbocycles. The Labute approximate surface area is 149 Å². The molecule has 25 heavy (non-hydrogen) atoms. The molecule has 0 bridgehead atoms. The van der Waals surface area contributed by atoms with Gasteiger partial charge in [0.1, 0.15) is 6.10 Å². The van der Waals surface area contributed by atoms with Crippen molar-refractivity contribution in [3.8, 4) is 17.2 Å². The van der Waals surface area contributed by atoms with Gasteiger partial charge in [-0.3, -0.25) is 0 Å². The van der Waals surface area contributed by atoms with Crippen LogP contribution in [0.3, 0.4) is 0 Å². The summed E-state index contributed by atoms with van der Waals surface area (Å²) < 4.78 is 27.2. The highest BCUT2D eigenvalue weighted by atomic mass is 16.6. The average Bonchev–Trinajstić information content (AvgIpc) is 2.64. The Bertz CT molecular complexity index is 583. The Hall–Kier alpha value is -1.95. The van der Waals surface area contributed by atoms with Crippen molar-refractivity contribution < 1.29 is 28.5 Å². The number of hydrogen-bond acceptors (Lipinski definition) is 6. The van der Waals surface area contributed by atoms with Gasteiger partial charge in [0.05, 0.1) is 33.0 Å². The first-order valence-corrected chi connectivity index (χ1v) is 8.54. The first-order chi connectivity index (χ1) is 12.0. The summed E-state index contributed by atoms with van der Waals surface area (Å²) in [5, 5.41) is 0. The van der Waals surface area contributed by atoms with Gasteiger partial charge in [-0.05, 0) is 25.0 Å². The smallest absolute Gasteiger partial charge is 0.338 e. The van der Waals surface area contributed by atoms with E-state index in [0.29, 0.717) is 29.2 Å². The molecule has 140 valence electrons. The minimum absolute atomic E-state index is 0.120. The fourth-order valence-corrected chi connectivity index (χ4v) is 3.76. The molecule has 0 aliphatic heterocycles. The van der Waals surface area contributed by atoms with Crippen LogP contribution in [0.1, 0.15) is 43.5 Å². The number of rotatable bonds is 8. The Morgan fingerprint density at radius 2 is 1.56 bits per heavy atom. The third-order valence-electron chi connectivity index (χ3n) is 5.46. The summed E-state index contributed by atoms with van der Waals surface area (Å²) >= 11 is 0. The van der Waals surface area contributed by atoms with E-state index in [1.807, 2.05) is 0 Å². The predicted octanol–water partition coefficient (Wildman–Crippen LogP) is 3.46. The molecule has 0 radical (unpaired) electrons. The summed E-state index contributed by atoms with van der Waals surface area (Å²) in [6, 6.07) is 3.21. The van der Waals surface area contributed by atoms with Crippen LogP contribution in [-0.4, -0.2) is 46.6 Å². The zero-order chi connectivity index (χ0) is 18.6. The molecule has 0 spiro atoms. The van der Waals surface area contributed by atoms with Crippen molar-refractivity contribution >= 4 is 5.97 Å². The van der Waals surface area contributed by atoms with E-state index < -0.39 is 5.97 Å². The molecule has 2 unspecified atom stereocenters. The van der Waals surface area contributed by atoms with Crippen LogP contribution >= 0.6 is 0 Å². The van der Waals surface area contributed by atoms with Gasteiger partial charge in [0, 0.05) is 18.9 Å². The Morgan fingerprint density at radius 1 is 1.00 bits per heavy atom. The summed E-state index contributed by atoms with van der Waals surface area (Å²) in [5.74, 6) is 0.898. The third-order valence-corrected chi connectivity index (χ3v) is 5.46. The summed E-state index contributed by atoms with van der Waals surface area (Å²) in [6.45, 7) is 4.21. The van der Waals surface area contributed by atoms with E-state index in [-0.39, 0.29) is 17.6 Å². The van der Waals surface area contributed by atoms with Gasteiger partial charge in [-0.15, -0.1) is 0 Å². The molecule has 2 atom stereocenters. The molecule has 1 aliphatic rings. The quantitative estimate of drug-likeness (QED) is 0.668. The molecule has 6 nitrogen and oxygen atoms in total. The molecule has 1 aliphatic carbocycles. The maximum atomic E-state index is 12.7. The zero-order valence-corrected chi connectivity index (χ0v) is 15.9. The maximum Gasteiger partial charge on any atom is 0.338 e. The number of benzene rings is 1. The average molecular weight is 352 g/mol. The Balaban J connectivity index is 2.24. The standard InChI is InChI=1S/C19H28O6/c1-7-19(8-2)15(23-5)11-16(19)25-18(20)12-9-13(21-3)17(24-6)14(10-12)22-4/h9-10,15-16H,7-8,11H2,1-6H3. The molecule has 1 fully saturated rings. The van der Waals surface area contributed by atoms with E-state index in [2.05, 4.69) is 13.8 Å². The summed E-state index contributed by atoms with van der Waals surface area (Å²) in [5.41, 5.74) is 0.252. The summed E-state index contributed by atoms with van der Waals surface area (Å²) in [4.78, 5) is 12.7. The lowest BCUT2D eigenvalue weighted by Gasteiger charge is -2.53. The molecule has 0 N–H and O–H groups in total. The van der Waals surface area contributed by atoms with Crippen molar-refractivity contribution in [2.24, 2.45) is 5.41 Å². The van der Waals surface area contributed by atoms with Gasteiger partial charge in [-0.25, -0.2) is 4.79 Å². The fourth-order valence-electron chi connectivity index (χ4n) is 3.76. The summed E-state index contributed by atoms with van der Waals surface area (Å²) in [7, 11) is 6.26. The second-order valence-corrected chi connectivity index (χ2v) is 6.21. The van der Waals surface area contributed by atoms with Crippen molar-refractivity contribution in [2.75, 3.05) is 28.4 Å². The van der Waals surface area contributed by atoms with Crippen LogP contribution in [0.15, 0.2) is 12.1 Å². The van der Waals surface area contributed by atoms with E-state index in [9.17, 15) is 4.79 Å². The number of methoxy groups -OCH3 is 4. The molecule has 1 saturated carbocycles. The number of carbonyl (C=O) groups is 1. The topological polar surface area (TPSA) is 63.2 Å². The van der Waals surface area contributed by atoms with Crippen LogP contribution in [0.25, 0.3) is 0 Å². The van der Waals surface area contributed by atoms with Gasteiger partial charge in [0.15, 0.2) is 11.5 Å². The third kappa shape index (κ3) is 3.27. The normalized spacial score (nSPS) is 21.2. The molecular weight excluding hydrogens is 324 g/mol. The number of esters is 1. The van der Waals surface area contributed by atoms with Crippen LogP contribution < -0.4 is 14.2 Å². The highest BCUT2D eigenvalue weighted by Crippen LogP contribution is 2.50. The summed E-state index contributed by atoms with van der Waals surface area (Å²) in [6.07, 6.45) is 2.48. The second-order valence-electron chi connectivity index (χ2n) is 6.21. The molecule has 6 heteroatoms. The molecular formula is C19H28O6. The first-order valence-electron chi connectivity index (χ1n) is 8.54. The highest BCUT2D eigenvalue weighted by molar-refractivity contribution is 5.91. The van der Waals surface area contributed by atoms with Gasteiger partial charge in [0.25, 0.3) is 0 Å². The van der Waals surface area contributed by atoms with Crippen molar-refractivity contribution in [1.29, 1.82) is 0 Å². The molecule has 0 heterocycles. The van der Waals surface area contributed by atoms with E-state index >= 15 is 0 Å². The van der Waals surface area contributed by atoms with Crippen LogP contribution in [-0.2, 0) is 9.47 Å². The van der Waals surface area contributed by atoms with Crippen LogP contribution in [0.4, 0.5) is 0 Å². The Kier molecular flexibility index (Phi) is 6.16. The van der Waals surface area contributed by atoms with Crippen molar-refractivity contribution in [3.63, 3.8) is 0 Å². The number of carbonyl (C=O) groups excluding carboxylic acids is 1. The van der Waals surface area contributed by atoms with Gasteiger partial charge in [-0.1, -0.05) is 13.8 Å². The van der Waals surface area contributed by atoms with Gasteiger partial charge >= 0.3 is 5.97 Å². The van der Waals surface area contributed by atoms with Crippen LogP contribution in [0.5, 0.6) is 17.2 Å². The highest BCUT2D eigenvalue weighted by Gasteiger charge is 2.55. The monoisotopic (exact) mass is 352 g/mol. The second kappa shape index (κ2) is 7.95. The van der Waals surface area contributed by atoms with Crippen LogP contribution in [0, 0.1) is 5.41 Å². The maximum absolute atomic E-state index is 12.7. The lowest BCUT2D eigenvalue weighted by atomic mass is 9.60. The lowest BCUT2D eigenvalue weighted by molar-refractivity contribution is -0.186. The predicted molar refractivity (Wildman–Crippen MR) is 93.7 cm³/mol. The molecule has 0 saturated heterocycles. The van der Waals surface area contributed by atoms with E-state index in [0.717, 1.165) is 12.8 Å². The minimum atomic E-state index is -0.398. The van der Waals surface area contributed by atoms with Crippen molar-refractivity contribution in [1.82, 2.24) is 0 Å². The minimum Gasteiger partial charge on any atom is -0.493 e. The SMILES string of the molecule is CCC1(CC)C(OC)CC1OC(=O)c1cc(OC)c(OC)c(OC)c1. The lowest BCUT2D eigenvalue weighted by Crippen LogP contribution is -2.58. The van der Waals surface area contributed by atoms with Gasteiger partial charge in [0.2, 0.25) is 5.75 Å². The van der Waals surface area contributed by atoms with E-state index in [4.69, 9.17) is 23.7 Å². The zero-order valence-electron chi connectivity index (χ0n) is 15.9. The van der Waals surface area contributed by atoms with Crippen molar-refractivity contribution in [2.45, 2.75) is 45.3 Å². The fraction of sp³-hybridized carbons (Fsp3) is 0.632. The molecule has 0 aromatic heterocycles. The van der Waals surface area contributed by atoms with E-state index in [1.165, 1.54) is 21.3 Å².